The van der Waals surface area contributed by atoms with Crippen LogP contribution in [0, 0.1) is 0 Å². The third-order valence-corrected chi connectivity index (χ3v) is 6.45. The molecule has 132 valence electrons. The average molecular weight is 375 g/mol. The molecule has 0 fully saturated rings. The van der Waals surface area contributed by atoms with E-state index in [1.54, 1.807) is 24.1 Å². The van der Waals surface area contributed by atoms with E-state index in [0.29, 0.717) is 24.4 Å². The van der Waals surface area contributed by atoms with Crippen LogP contribution in [-0.2, 0) is 11.5 Å². The summed E-state index contributed by atoms with van der Waals surface area (Å²) in [5, 5.41) is 0. The number of carbonyl (C=O) groups is 1. The minimum Gasteiger partial charge on any atom is -0.366 e. The van der Waals surface area contributed by atoms with Gasteiger partial charge in [-0.25, -0.2) is 4.98 Å². The van der Waals surface area contributed by atoms with Crippen LogP contribution in [0.5, 0.6) is 0 Å². The van der Waals surface area contributed by atoms with Gasteiger partial charge in [0.1, 0.15) is 6.73 Å². The summed E-state index contributed by atoms with van der Waals surface area (Å²) in [4.78, 5) is 21.5. The van der Waals surface area contributed by atoms with Gasteiger partial charge in [-0.2, -0.15) is 0 Å². The number of rotatable bonds is 7. The number of primary amides is 1. The summed E-state index contributed by atoms with van der Waals surface area (Å²) in [7, 11) is -1.13. The summed E-state index contributed by atoms with van der Waals surface area (Å²) in [6.07, 6.45) is 3.47. The first-order valence-corrected chi connectivity index (χ1v) is 12.7. The SMILES string of the molecule is C[Si](C)(C)CCOCn1cnc2cc(-c3cncs3)cc(C(N)=O)c21. The highest BCUT2D eigenvalue weighted by atomic mass is 32.1. The normalized spacial score (nSPS) is 12.0. The monoisotopic (exact) mass is 374 g/mol. The summed E-state index contributed by atoms with van der Waals surface area (Å²) >= 11 is 1.51. The Kier molecular flexibility index (Phi) is 5.03. The highest BCUT2D eigenvalue weighted by molar-refractivity contribution is 7.13. The molecule has 2 heterocycles. The highest BCUT2D eigenvalue weighted by Crippen LogP contribution is 2.29. The van der Waals surface area contributed by atoms with Crippen molar-refractivity contribution >= 4 is 36.4 Å². The van der Waals surface area contributed by atoms with Gasteiger partial charge in [-0.15, -0.1) is 11.3 Å². The van der Waals surface area contributed by atoms with Crippen LogP contribution < -0.4 is 5.73 Å². The molecular weight excluding hydrogens is 352 g/mol. The number of thiazole rings is 1. The molecule has 0 spiro atoms. The van der Waals surface area contributed by atoms with Crippen LogP contribution in [0.1, 0.15) is 10.4 Å². The van der Waals surface area contributed by atoms with Gasteiger partial charge in [-0.05, 0) is 23.7 Å². The van der Waals surface area contributed by atoms with E-state index in [9.17, 15) is 4.79 Å². The predicted molar refractivity (Wildman–Crippen MR) is 103 cm³/mol. The van der Waals surface area contributed by atoms with E-state index in [-0.39, 0.29) is 0 Å². The van der Waals surface area contributed by atoms with Crippen molar-refractivity contribution in [1.82, 2.24) is 14.5 Å². The molecule has 0 radical (unpaired) electrons. The van der Waals surface area contributed by atoms with Gasteiger partial charge in [0, 0.05) is 20.9 Å². The molecule has 2 N–H and O–H groups in total. The van der Waals surface area contributed by atoms with Gasteiger partial charge >= 0.3 is 0 Å². The summed E-state index contributed by atoms with van der Waals surface area (Å²) in [5.41, 5.74) is 10.2. The number of nitrogens with zero attached hydrogens (tertiary/aromatic N) is 3. The summed E-state index contributed by atoms with van der Waals surface area (Å²) < 4.78 is 7.64. The van der Waals surface area contributed by atoms with Crippen LogP contribution in [0.25, 0.3) is 21.5 Å². The molecule has 2 aromatic heterocycles. The van der Waals surface area contributed by atoms with Gasteiger partial charge < -0.3 is 15.0 Å². The molecule has 3 rings (SSSR count). The largest absolute Gasteiger partial charge is 0.366 e. The lowest BCUT2D eigenvalue weighted by Crippen LogP contribution is -2.22. The number of ether oxygens (including phenoxy) is 1. The van der Waals surface area contributed by atoms with E-state index in [2.05, 4.69) is 29.6 Å². The van der Waals surface area contributed by atoms with Crippen molar-refractivity contribution in [1.29, 1.82) is 0 Å². The second-order valence-corrected chi connectivity index (χ2v) is 13.7. The quantitative estimate of drug-likeness (QED) is 0.506. The first kappa shape index (κ1) is 17.8. The molecule has 0 bridgehead atoms. The molecule has 0 saturated heterocycles. The van der Waals surface area contributed by atoms with Crippen molar-refractivity contribution in [3.63, 3.8) is 0 Å². The summed E-state index contributed by atoms with van der Waals surface area (Å²) in [6.45, 7) is 8.01. The third-order valence-electron chi connectivity index (χ3n) is 3.92. The lowest BCUT2D eigenvalue weighted by Gasteiger charge is -2.16. The van der Waals surface area contributed by atoms with Crippen molar-refractivity contribution in [2.45, 2.75) is 32.4 Å². The van der Waals surface area contributed by atoms with Crippen molar-refractivity contribution in [3.05, 3.63) is 35.7 Å². The number of hydrogen-bond donors (Lipinski definition) is 1. The lowest BCUT2D eigenvalue weighted by molar-refractivity contribution is 0.0895. The maximum Gasteiger partial charge on any atom is 0.250 e. The second kappa shape index (κ2) is 7.07. The number of benzene rings is 1. The van der Waals surface area contributed by atoms with Gasteiger partial charge in [0.15, 0.2) is 0 Å². The van der Waals surface area contributed by atoms with Crippen LogP contribution >= 0.6 is 11.3 Å². The molecule has 0 saturated carbocycles. The van der Waals surface area contributed by atoms with Crippen molar-refractivity contribution in [3.8, 4) is 10.4 Å². The minimum atomic E-state index is -1.13. The Balaban J connectivity index is 1.90. The molecule has 0 unspecified atom stereocenters. The zero-order valence-electron chi connectivity index (χ0n) is 14.7. The smallest absolute Gasteiger partial charge is 0.250 e. The molecule has 1 amide bonds. The van der Waals surface area contributed by atoms with Crippen LogP contribution in [0.2, 0.25) is 25.7 Å². The van der Waals surface area contributed by atoms with Crippen LogP contribution in [0.4, 0.5) is 0 Å². The molecule has 3 aromatic rings. The first-order chi connectivity index (χ1) is 11.8. The first-order valence-electron chi connectivity index (χ1n) is 8.10. The van der Waals surface area contributed by atoms with E-state index in [1.165, 1.54) is 11.3 Å². The Morgan fingerprint density at radius 3 is 2.80 bits per heavy atom. The third kappa shape index (κ3) is 4.14. The molecule has 0 aliphatic carbocycles. The Bertz CT molecular complexity index is 884. The zero-order chi connectivity index (χ0) is 18.0. The number of nitrogens with two attached hydrogens (primary N) is 1. The Morgan fingerprint density at radius 1 is 1.36 bits per heavy atom. The highest BCUT2D eigenvalue weighted by Gasteiger charge is 2.16. The lowest BCUT2D eigenvalue weighted by atomic mass is 10.1. The molecule has 8 heteroatoms. The van der Waals surface area contributed by atoms with Crippen molar-refractivity contribution in [2.75, 3.05) is 6.61 Å². The number of hydrogen-bond acceptors (Lipinski definition) is 5. The maximum absolute atomic E-state index is 12.0. The van der Waals surface area contributed by atoms with E-state index in [4.69, 9.17) is 10.5 Å². The van der Waals surface area contributed by atoms with Crippen LogP contribution in [-0.4, -0.2) is 35.1 Å². The predicted octanol–water partition coefficient (Wildman–Crippen LogP) is 3.57. The standard InChI is InChI=1S/C17H22N4O2SSi/c1-25(2,3)5-4-23-11-21-9-20-14-7-12(15-8-19-10-24-15)6-13(16(14)21)17(18)22/h6-10H,4-5,11H2,1-3H3,(H2,18,22). The van der Waals surface area contributed by atoms with Gasteiger partial charge in [0.25, 0.3) is 5.91 Å². The fourth-order valence-corrected chi connectivity index (χ4v) is 3.90. The Morgan fingerprint density at radius 2 is 2.16 bits per heavy atom. The topological polar surface area (TPSA) is 83.0 Å². The number of aromatic nitrogens is 3. The van der Waals surface area contributed by atoms with E-state index >= 15 is 0 Å². The van der Waals surface area contributed by atoms with Crippen molar-refractivity contribution in [2.24, 2.45) is 5.73 Å². The molecule has 6 nitrogen and oxygen atoms in total. The van der Waals surface area contributed by atoms with E-state index in [1.807, 2.05) is 10.6 Å². The minimum absolute atomic E-state index is 0.362. The summed E-state index contributed by atoms with van der Waals surface area (Å²) in [6, 6.07) is 4.85. The number of amides is 1. The van der Waals surface area contributed by atoms with Gasteiger partial charge in [-0.1, -0.05) is 19.6 Å². The fourth-order valence-electron chi connectivity index (χ4n) is 2.54. The molecule has 25 heavy (non-hydrogen) atoms. The van der Waals surface area contributed by atoms with E-state index < -0.39 is 14.0 Å². The number of carbonyl (C=O) groups excluding carboxylic acids is 1. The molecule has 0 atom stereocenters. The molecule has 0 aliphatic rings. The van der Waals surface area contributed by atoms with Crippen LogP contribution in [0.15, 0.2) is 30.2 Å². The molecule has 0 aliphatic heterocycles. The fraction of sp³-hybridized carbons (Fsp3) is 0.353. The number of fused-ring (bicyclic) bond motifs is 1. The van der Waals surface area contributed by atoms with Crippen molar-refractivity contribution < 1.29 is 9.53 Å². The van der Waals surface area contributed by atoms with E-state index in [0.717, 1.165) is 22.0 Å². The molecular formula is C17H22N4O2SSi. The van der Waals surface area contributed by atoms with Gasteiger partial charge in [-0.3, -0.25) is 9.78 Å². The average Bonchev–Trinajstić information content (AvgIpc) is 3.19. The Hall–Kier alpha value is -2.03. The number of imidazole rings is 1. The van der Waals surface area contributed by atoms with Gasteiger partial charge in [0.2, 0.25) is 0 Å². The molecule has 1 aromatic carbocycles. The maximum atomic E-state index is 12.0. The Labute approximate surface area is 151 Å². The van der Waals surface area contributed by atoms with Gasteiger partial charge in [0.05, 0.1) is 33.3 Å². The summed E-state index contributed by atoms with van der Waals surface area (Å²) in [5.74, 6) is -0.472. The second-order valence-electron chi connectivity index (χ2n) is 7.18. The van der Waals surface area contributed by atoms with Crippen LogP contribution in [0.3, 0.4) is 0 Å². The zero-order valence-corrected chi connectivity index (χ0v) is 16.5.